The van der Waals surface area contributed by atoms with Crippen LogP contribution in [0.15, 0.2) is 24.3 Å². The average Bonchev–Trinajstić information content (AvgIpc) is 2.98. The number of carbonyl (C=O) groups excluding carboxylic acids is 1. The first-order valence-electron chi connectivity index (χ1n) is 6.50. The predicted molar refractivity (Wildman–Crippen MR) is 71.4 cm³/mol. The summed E-state index contributed by atoms with van der Waals surface area (Å²) in [4.78, 5) is 12.1. The topological polar surface area (TPSA) is 41.1 Å². The standard InChI is InChI=1S/C14H17ClN2O/c15-10-3-1-2-9(6-10)8-16-14(18)12-7-11-4-5-13(12)17-11/h1-3,6,11-13,17H,4-5,7-8H2,(H,16,18). The van der Waals surface area contributed by atoms with Gasteiger partial charge in [-0.15, -0.1) is 0 Å². The molecule has 0 aromatic heterocycles. The van der Waals surface area contributed by atoms with Crippen LogP contribution in [0, 0.1) is 5.92 Å². The molecule has 2 heterocycles. The third-order valence-corrected chi connectivity index (χ3v) is 4.23. The molecule has 2 saturated heterocycles. The smallest absolute Gasteiger partial charge is 0.225 e. The van der Waals surface area contributed by atoms with Gasteiger partial charge in [-0.05, 0) is 37.0 Å². The van der Waals surface area contributed by atoms with Gasteiger partial charge in [0.25, 0.3) is 0 Å². The molecule has 3 rings (SSSR count). The number of carbonyl (C=O) groups is 1. The van der Waals surface area contributed by atoms with Gasteiger partial charge in [0, 0.05) is 23.7 Å². The zero-order valence-corrected chi connectivity index (χ0v) is 10.9. The van der Waals surface area contributed by atoms with Gasteiger partial charge in [-0.2, -0.15) is 0 Å². The van der Waals surface area contributed by atoms with Crippen molar-refractivity contribution in [2.45, 2.75) is 37.9 Å². The van der Waals surface area contributed by atoms with Crippen molar-refractivity contribution in [2.24, 2.45) is 5.92 Å². The highest BCUT2D eigenvalue weighted by Crippen LogP contribution is 2.33. The number of halogens is 1. The van der Waals surface area contributed by atoms with Crippen molar-refractivity contribution in [3.8, 4) is 0 Å². The minimum Gasteiger partial charge on any atom is -0.352 e. The van der Waals surface area contributed by atoms with E-state index in [-0.39, 0.29) is 11.8 Å². The number of fused-ring (bicyclic) bond motifs is 2. The average molecular weight is 265 g/mol. The molecule has 3 atom stereocenters. The fourth-order valence-electron chi connectivity index (χ4n) is 3.08. The molecule has 1 aromatic carbocycles. The number of hydrogen-bond donors (Lipinski definition) is 2. The lowest BCUT2D eigenvalue weighted by atomic mass is 9.88. The van der Waals surface area contributed by atoms with E-state index in [9.17, 15) is 4.79 Å². The number of benzene rings is 1. The van der Waals surface area contributed by atoms with Gasteiger partial charge in [0.15, 0.2) is 0 Å². The van der Waals surface area contributed by atoms with Crippen LogP contribution >= 0.6 is 11.6 Å². The summed E-state index contributed by atoms with van der Waals surface area (Å²) in [5.74, 6) is 0.331. The number of rotatable bonds is 3. The van der Waals surface area contributed by atoms with Crippen LogP contribution in [0.2, 0.25) is 5.02 Å². The molecule has 96 valence electrons. The molecule has 0 radical (unpaired) electrons. The van der Waals surface area contributed by atoms with Crippen LogP contribution in [0.3, 0.4) is 0 Å². The van der Waals surface area contributed by atoms with Gasteiger partial charge < -0.3 is 10.6 Å². The first-order chi connectivity index (χ1) is 8.72. The lowest BCUT2D eigenvalue weighted by molar-refractivity contribution is -0.125. The minimum absolute atomic E-state index is 0.155. The van der Waals surface area contributed by atoms with E-state index in [1.165, 1.54) is 6.42 Å². The van der Waals surface area contributed by atoms with Gasteiger partial charge in [-0.3, -0.25) is 4.79 Å². The maximum atomic E-state index is 12.1. The highest BCUT2D eigenvalue weighted by atomic mass is 35.5. The van der Waals surface area contributed by atoms with Gasteiger partial charge in [-0.1, -0.05) is 23.7 Å². The van der Waals surface area contributed by atoms with Gasteiger partial charge in [0.1, 0.15) is 0 Å². The molecule has 2 aliphatic rings. The monoisotopic (exact) mass is 264 g/mol. The van der Waals surface area contributed by atoms with Crippen molar-refractivity contribution in [3.63, 3.8) is 0 Å². The summed E-state index contributed by atoms with van der Waals surface area (Å²) in [6, 6.07) is 8.58. The van der Waals surface area contributed by atoms with Crippen molar-refractivity contribution in [3.05, 3.63) is 34.9 Å². The van der Waals surface area contributed by atoms with Crippen molar-refractivity contribution in [1.82, 2.24) is 10.6 Å². The van der Waals surface area contributed by atoms with Gasteiger partial charge >= 0.3 is 0 Å². The molecule has 2 aliphatic heterocycles. The normalized spacial score (nSPS) is 29.5. The summed E-state index contributed by atoms with van der Waals surface area (Å²) in [5, 5.41) is 7.21. The lowest BCUT2D eigenvalue weighted by Crippen LogP contribution is -2.37. The highest BCUT2D eigenvalue weighted by molar-refractivity contribution is 6.30. The molecule has 2 bridgehead atoms. The van der Waals surface area contributed by atoms with Gasteiger partial charge in [0.2, 0.25) is 5.91 Å². The second-order valence-corrected chi connectivity index (χ2v) is 5.67. The Morgan fingerprint density at radius 3 is 3.00 bits per heavy atom. The Labute approximate surface area is 112 Å². The van der Waals surface area contributed by atoms with E-state index in [0.29, 0.717) is 23.7 Å². The van der Waals surface area contributed by atoms with Crippen LogP contribution in [0.4, 0.5) is 0 Å². The summed E-state index contributed by atoms with van der Waals surface area (Å²) in [5.41, 5.74) is 1.05. The minimum atomic E-state index is 0.155. The number of nitrogens with one attached hydrogen (secondary N) is 2. The zero-order chi connectivity index (χ0) is 12.5. The van der Waals surface area contributed by atoms with Crippen LogP contribution in [0.25, 0.3) is 0 Å². The van der Waals surface area contributed by atoms with Crippen LogP contribution in [0.5, 0.6) is 0 Å². The molecule has 0 spiro atoms. The SMILES string of the molecule is O=C(NCc1cccc(Cl)c1)C1CC2CCC1N2. The molecule has 0 aliphatic carbocycles. The summed E-state index contributed by atoms with van der Waals surface area (Å²) in [7, 11) is 0. The first kappa shape index (κ1) is 12.0. The fourth-order valence-corrected chi connectivity index (χ4v) is 3.29. The second kappa shape index (κ2) is 4.90. The molecule has 3 nitrogen and oxygen atoms in total. The van der Waals surface area contributed by atoms with Crippen molar-refractivity contribution >= 4 is 17.5 Å². The highest BCUT2D eigenvalue weighted by Gasteiger charge is 2.42. The molecular formula is C14H17ClN2O. The maximum absolute atomic E-state index is 12.1. The van der Waals surface area contributed by atoms with Crippen LogP contribution in [-0.2, 0) is 11.3 Å². The largest absolute Gasteiger partial charge is 0.352 e. The van der Waals surface area contributed by atoms with Gasteiger partial charge in [0.05, 0.1) is 5.92 Å². The molecule has 18 heavy (non-hydrogen) atoms. The lowest BCUT2D eigenvalue weighted by Gasteiger charge is -2.19. The molecule has 4 heteroatoms. The summed E-state index contributed by atoms with van der Waals surface area (Å²) >= 11 is 5.92. The molecule has 1 aromatic rings. The molecular weight excluding hydrogens is 248 g/mol. The van der Waals surface area contributed by atoms with Crippen molar-refractivity contribution in [2.75, 3.05) is 0 Å². The van der Waals surface area contributed by atoms with E-state index in [4.69, 9.17) is 11.6 Å². The molecule has 0 saturated carbocycles. The summed E-state index contributed by atoms with van der Waals surface area (Å²) in [6.07, 6.45) is 3.36. The quantitative estimate of drug-likeness (QED) is 0.878. The predicted octanol–water partition coefficient (Wildman–Crippen LogP) is 2.10. The Bertz CT molecular complexity index is 463. The number of hydrogen-bond acceptors (Lipinski definition) is 2. The maximum Gasteiger partial charge on any atom is 0.225 e. The van der Waals surface area contributed by atoms with Gasteiger partial charge in [-0.25, -0.2) is 0 Å². The molecule has 2 N–H and O–H groups in total. The fraction of sp³-hybridized carbons (Fsp3) is 0.500. The Kier molecular flexibility index (Phi) is 3.27. The van der Waals surface area contributed by atoms with Crippen LogP contribution in [0.1, 0.15) is 24.8 Å². The third-order valence-electron chi connectivity index (χ3n) is 3.99. The Balaban J connectivity index is 1.56. The van der Waals surface area contributed by atoms with Crippen LogP contribution in [-0.4, -0.2) is 18.0 Å². The van der Waals surface area contributed by atoms with E-state index >= 15 is 0 Å². The first-order valence-corrected chi connectivity index (χ1v) is 6.88. The Hall–Kier alpha value is -1.06. The third kappa shape index (κ3) is 2.38. The molecule has 2 fully saturated rings. The molecule has 1 amide bonds. The summed E-state index contributed by atoms with van der Waals surface area (Å²) in [6.45, 7) is 0.563. The van der Waals surface area contributed by atoms with E-state index < -0.39 is 0 Å². The van der Waals surface area contributed by atoms with Crippen LogP contribution < -0.4 is 10.6 Å². The van der Waals surface area contributed by atoms with E-state index in [0.717, 1.165) is 18.4 Å². The van der Waals surface area contributed by atoms with E-state index in [1.54, 1.807) is 0 Å². The Morgan fingerprint density at radius 1 is 1.44 bits per heavy atom. The van der Waals surface area contributed by atoms with Crippen molar-refractivity contribution in [1.29, 1.82) is 0 Å². The molecule has 3 unspecified atom stereocenters. The zero-order valence-electron chi connectivity index (χ0n) is 10.2. The summed E-state index contributed by atoms with van der Waals surface area (Å²) < 4.78 is 0. The van der Waals surface area contributed by atoms with E-state index in [2.05, 4.69) is 10.6 Å². The second-order valence-electron chi connectivity index (χ2n) is 5.24. The van der Waals surface area contributed by atoms with Crippen molar-refractivity contribution < 1.29 is 4.79 Å². The Morgan fingerprint density at radius 2 is 2.33 bits per heavy atom. The van der Waals surface area contributed by atoms with E-state index in [1.807, 2.05) is 24.3 Å². The number of amides is 1.